The summed E-state index contributed by atoms with van der Waals surface area (Å²) in [5.74, 6) is 0.123. The Morgan fingerprint density at radius 3 is 2.33 bits per heavy atom. The molecule has 0 unspecified atom stereocenters. The van der Waals surface area contributed by atoms with Crippen LogP contribution in [0.4, 0.5) is 11.4 Å². The molecule has 0 saturated heterocycles. The zero-order valence-corrected chi connectivity index (χ0v) is 15.6. The van der Waals surface area contributed by atoms with Crippen molar-refractivity contribution in [3.05, 3.63) is 60.7 Å². The fourth-order valence-electron chi connectivity index (χ4n) is 2.85. The molecule has 0 bridgehead atoms. The van der Waals surface area contributed by atoms with E-state index in [1.54, 1.807) is 30.3 Å². The molecule has 3 aromatic carbocycles. The quantitative estimate of drug-likeness (QED) is 0.561. The van der Waals surface area contributed by atoms with E-state index in [1.807, 2.05) is 37.2 Å². The number of nitrogens with one attached hydrogen (secondary N) is 1. The zero-order chi connectivity index (χ0) is 19.6. The number of rotatable bonds is 6. The number of fused-ring (bicyclic) bond motifs is 1. The third-order valence-electron chi connectivity index (χ3n) is 3.96. The van der Waals surface area contributed by atoms with Gasteiger partial charge >= 0.3 is 7.32 Å². The van der Waals surface area contributed by atoms with Crippen LogP contribution in [-0.2, 0) is 10.0 Å². The van der Waals surface area contributed by atoms with Gasteiger partial charge in [0.1, 0.15) is 5.75 Å². The summed E-state index contributed by atoms with van der Waals surface area (Å²) < 4.78 is 33.2. The molecule has 0 saturated carbocycles. The summed E-state index contributed by atoms with van der Waals surface area (Å²) in [5.41, 5.74) is 1.16. The Labute approximate surface area is 158 Å². The van der Waals surface area contributed by atoms with Gasteiger partial charge in [-0.3, -0.25) is 4.72 Å². The minimum atomic E-state index is -3.88. The maximum absolute atomic E-state index is 13.0. The summed E-state index contributed by atoms with van der Waals surface area (Å²) in [6, 6.07) is 16.6. The molecule has 7 nitrogen and oxygen atoms in total. The molecule has 0 fully saturated rings. The molecule has 0 aromatic heterocycles. The lowest BCUT2D eigenvalue weighted by molar-refractivity contribution is 0.288. The molecule has 0 amide bonds. The Hall–Kier alpha value is -2.75. The number of hydrogen-bond donors (Lipinski definition) is 3. The summed E-state index contributed by atoms with van der Waals surface area (Å²) in [7, 11) is -2.07. The van der Waals surface area contributed by atoms with Crippen molar-refractivity contribution in [1.29, 1.82) is 0 Å². The Morgan fingerprint density at radius 1 is 0.963 bits per heavy atom. The van der Waals surface area contributed by atoms with E-state index in [1.165, 1.54) is 12.1 Å². The lowest BCUT2D eigenvalue weighted by Gasteiger charge is -2.17. The van der Waals surface area contributed by atoms with Gasteiger partial charge < -0.3 is 19.6 Å². The highest BCUT2D eigenvalue weighted by Gasteiger charge is 2.19. The van der Waals surface area contributed by atoms with E-state index in [0.717, 1.165) is 11.1 Å². The SMILES string of the molecule is CN(C)c1cccc2c(S(=O)(=O)Nc3cccc(OB(O)O)c3)cccc12. The van der Waals surface area contributed by atoms with Gasteiger partial charge in [-0.25, -0.2) is 8.42 Å². The van der Waals surface area contributed by atoms with Crippen molar-refractivity contribution in [2.75, 3.05) is 23.7 Å². The average Bonchev–Trinajstić information content (AvgIpc) is 2.59. The summed E-state index contributed by atoms with van der Waals surface area (Å²) in [6.45, 7) is 0. The van der Waals surface area contributed by atoms with E-state index < -0.39 is 17.3 Å². The Balaban J connectivity index is 2.02. The van der Waals surface area contributed by atoms with Crippen LogP contribution in [0.15, 0.2) is 65.6 Å². The van der Waals surface area contributed by atoms with Crippen molar-refractivity contribution in [1.82, 2.24) is 0 Å². The molecule has 0 heterocycles. The summed E-state index contributed by atoms with van der Waals surface area (Å²) in [5, 5.41) is 19.2. The van der Waals surface area contributed by atoms with E-state index in [2.05, 4.69) is 4.72 Å². The van der Waals surface area contributed by atoms with Crippen molar-refractivity contribution in [2.24, 2.45) is 0 Å². The first-order valence-corrected chi connectivity index (χ1v) is 9.61. The van der Waals surface area contributed by atoms with Crippen LogP contribution in [0.1, 0.15) is 0 Å². The fourth-order valence-corrected chi connectivity index (χ4v) is 4.13. The normalized spacial score (nSPS) is 11.3. The van der Waals surface area contributed by atoms with Crippen molar-refractivity contribution in [3.8, 4) is 5.75 Å². The molecule has 0 radical (unpaired) electrons. The summed E-state index contributed by atoms with van der Waals surface area (Å²) >= 11 is 0. The van der Waals surface area contributed by atoms with Crippen LogP contribution in [0.5, 0.6) is 5.75 Å². The van der Waals surface area contributed by atoms with Crippen molar-refractivity contribution in [3.63, 3.8) is 0 Å². The van der Waals surface area contributed by atoms with Gasteiger partial charge in [-0.15, -0.1) is 0 Å². The monoisotopic (exact) mass is 386 g/mol. The minimum Gasteiger partial charge on any atom is -0.512 e. The van der Waals surface area contributed by atoms with E-state index in [0.29, 0.717) is 5.39 Å². The van der Waals surface area contributed by atoms with E-state index in [-0.39, 0.29) is 16.3 Å². The lowest BCUT2D eigenvalue weighted by atomic mass is 10.1. The van der Waals surface area contributed by atoms with Gasteiger partial charge in [-0.1, -0.05) is 30.3 Å². The number of benzene rings is 3. The fraction of sp³-hybridized carbons (Fsp3) is 0.111. The predicted molar refractivity (Wildman–Crippen MR) is 106 cm³/mol. The molecule has 3 N–H and O–H groups in total. The molecule has 140 valence electrons. The molecule has 0 aliphatic rings. The van der Waals surface area contributed by atoms with Crippen molar-refractivity contribution >= 4 is 39.5 Å². The molecule has 9 heteroatoms. The van der Waals surface area contributed by atoms with Gasteiger partial charge in [-0.05, 0) is 24.3 Å². The Kier molecular flexibility index (Phi) is 5.27. The van der Waals surface area contributed by atoms with Crippen LogP contribution in [0.2, 0.25) is 0 Å². The second-order valence-corrected chi connectivity index (χ2v) is 7.75. The first-order valence-electron chi connectivity index (χ1n) is 8.13. The van der Waals surface area contributed by atoms with Crippen molar-refractivity contribution < 1.29 is 23.1 Å². The molecule has 0 aliphatic heterocycles. The lowest BCUT2D eigenvalue weighted by Crippen LogP contribution is -2.20. The highest BCUT2D eigenvalue weighted by atomic mass is 32.2. The third kappa shape index (κ3) is 4.16. The summed E-state index contributed by atoms with van der Waals surface area (Å²) in [6.07, 6.45) is 0. The predicted octanol–water partition coefficient (Wildman–Crippen LogP) is 2.05. The van der Waals surface area contributed by atoms with Gasteiger partial charge in [0.15, 0.2) is 0 Å². The molecule has 3 aromatic rings. The highest BCUT2D eigenvalue weighted by molar-refractivity contribution is 7.93. The van der Waals surface area contributed by atoms with E-state index in [4.69, 9.17) is 14.7 Å². The minimum absolute atomic E-state index is 0.123. The van der Waals surface area contributed by atoms with Crippen LogP contribution < -0.4 is 14.3 Å². The highest BCUT2D eigenvalue weighted by Crippen LogP contribution is 2.31. The largest absolute Gasteiger partial charge is 0.707 e. The second-order valence-electron chi connectivity index (χ2n) is 6.10. The first kappa shape index (κ1) is 19.0. The number of hydrogen-bond acceptors (Lipinski definition) is 6. The Bertz CT molecular complexity index is 1070. The zero-order valence-electron chi connectivity index (χ0n) is 14.8. The van der Waals surface area contributed by atoms with Crippen molar-refractivity contribution in [2.45, 2.75) is 4.90 Å². The van der Waals surface area contributed by atoms with Gasteiger partial charge in [0.25, 0.3) is 10.0 Å². The Morgan fingerprint density at radius 2 is 1.63 bits per heavy atom. The number of nitrogens with zero attached hydrogens (tertiary/aromatic N) is 1. The third-order valence-corrected chi connectivity index (χ3v) is 5.40. The molecule has 0 aliphatic carbocycles. The molecular weight excluding hydrogens is 367 g/mol. The summed E-state index contributed by atoms with van der Waals surface area (Å²) in [4.78, 5) is 2.07. The van der Waals surface area contributed by atoms with Crippen LogP contribution in [-0.4, -0.2) is 39.9 Å². The van der Waals surface area contributed by atoms with Gasteiger partial charge in [0.2, 0.25) is 0 Å². The molecular formula is C18H19BN2O5S. The maximum Gasteiger partial charge on any atom is 0.707 e. The van der Waals surface area contributed by atoms with E-state index >= 15 is 0 Å². The second kappa shape index (κ2) is 7.47. The van der Waals surface area contributed by atoms with Gasteiger partial charge in [0.05, 0.1) is 10.6 Å². The van der Waals surface area contributed by atoms with Crippen LogP contribution in [0, 0.1) is 0 Å². The first-order chi connectivity index (χ1) is 12.8. The van der Waals surface area contributed by atoms with E-state index in [9.17, 15) is 8.42 Å². The van der Waals surface area contributed by atoms with Crippen LogP contribution >= 0.6 is 0 Å². The standard InChI is InChI=1S/C18H19BN2O5S/c1-21(2)17-10-4-9-16-15(17)8-5-11-18(16)27(24,25)20-13-6-3-7-14(12-13)26-19(22)23/h3-12,20,22-23H,1-2H3. The molecule has 0 atom stereocenters. The molecule has 3 rings (SSSR count). The van der Waals surface area contributed by atoms with Gasteiger partial charge in [-0.2, -0.15) is 0 Å². The molecule has 0 spiro atoms. The smallest absolute Gasteiger partial charge is 0.512 e. The van der Waals surface area contributed by atoms with Crippen LogP contribution in [0.25, 0.3) is 10.8 Å². The number of sulfonamides is 1. The topological polar surface area (TPSA) is 99.1 Å². The average molecular weight is 386 g/mol. The van der Waals surface area contributed by atoms with Gasteiger partial charge in [0, 0.05) is 36.6 Å². The number of anilines is 2. The molecule has 27 heavy (non-hydrogen) atoms. The van der Waals surface area contributed by atoms with Crippen LogP contribution in [0.3, 0.4) is 0 Å². The maximum atomic E-state index is 13.0.